The van der Waals surface area contributed by atoms with E-state index < -0.39 is 0 Å². The number of nitrogens with zero attached hydrogens (tertiary/aromatic N) is 1. The van der Waals surface area contributed by atoms with Crippen molar-refractivity contribution in [3.8, 4) is 5.75 Å². The highest BCUT2D eigenvalue weighted by Gasteiger charge is 2.29. The van der Waals surface area contributed by atoms with Crippen molar-refractivity contribution in [1.29, 1.82) is 0 Å². The van der Waals surface area contributed by atoms with Gasteiger partial charge >= 0.3 is 6.03 Å². The number of hydrogen-bond acceptors (Lipinski definition) is 2. The molecule has 5 heteroatoms. The Labute approximate surface area is 195 Å². The molecule has 0 aromatic heterocycles. The molecule has 0 unspecified atom stereocenters. The van der Waals surface area contributed by atoms with E-state index in [1.165, 1.54) is 5.56 Å². The van der Waals surface area contributed by atoms with Crippen LogP contribution in [0.3, 0.4) is 0 Å². The van der Waals surface area contributed by atoms with Crippen LogP contribution in [0.2, 0.25) is 5.02 Å². The van der Waals surface area contributed by atoms with Gasteiger partial charge in [-0.3, -0.25) is 0 Å². The zero-order valence-electron chi connectivity index (χ0n) is 18.3. The Morgan fingerprint density at radius 3 is 2.22 bits per heavy atom. The lowest BCUT2D eigenvalue weighted by Crippen LogP contribution is -2.44. The van der Waals surface area contributed by atoms with Gasteiger partial charge < -0.3 is 15.0 Å². The maximum absolute atomic E-state index is 13.3. The summed E-state index contributed by atoms with van der Waals surface area (Å²) in [5.74, 6) is 1.38. The summed E-state index contributed by atoms with van der Waals surface area (Å²) in [6.45, 7) is 0.560. The smallest absolute Gasteiger partial charge is 0.322 e. The molecule has 1 saturated carbocycles. The van der Waals surface area contributed by atoms with Gasteiger partial charge in [0.15, 0.2) is 0 Å². The Morgan fingerprint density at radius 1 is 0.938 bits per heavy atom. The van der Waals surface area contributed by atoms with E-state index in [9.17, 15) is 4.79 Å². The first kappa shape index (κ1) is 22.2. The number of hydrogen-bond donors (Lipinski definition) is 1. The predicted molar refractivity (Wildman–Crippen MR) is 130 cm³/mol. The van der Waals surface area contributed by atoms with E-state index in [2.05, 4.69) is 35.6 Å². The van der Waals surface area contributed by atoms with Gasteiger partial charge in [-0.05, 0) is 79.1 Å². The highest BCUT2D eigenvalue weighted by molar-refractivity contribution is 6.30. The Balaban J connectivity index is 1.48. The van der Waals surface area contributed by atoms with E-state index in [1.54, 1.807) is 19.2 Å². The fourth-order valence-corrected chi connectivity index (χ4v) is 4.59. The van der Waals surface area contributed by atoms with E-state index in [-0.39, 0.29) is 12.1 Å². The number of carbonyl (C=O) groups excluding carboxylic acids is 1. The van der Waals surface area contributed by atoms with Crippen molar-refractivity contribution in [1.82, 2.24) is 4.90 Å². The standard InChI is InChI=1S/C27H29ClN2O2/c1-32-26-17-7-20(8-18-26)19-30(27(31)29-24-13-11-23(28)12-14-24)25-15-9-22(10-16-25)21-5-3-2-4-6-21/h2-8,11-14,17-18,22,25H,9-10,15-16,19H2,1H3,(H,29,31). The lowest BCUT2D eigenvalue weighted by Gasteiger charge is -2.37. The maximum atomic E-state index is 13.3. The summed E-state index contributed by atoms with van der Waals surface area (Å²) in [5, 5.41) is 3.71. The first-order chi connectivity index (χ1) is 15.6. The molecule has 0 radical (unpaired) electrons. The third-order valence-electron chi connectivity index (χ3n) is 6.28. The highest BCUT2D eigenvalue weighted by Crippen LogP contribution is 2.35. The fourth-order valence-electron chi connectivity index (χ4n) is 4.47. The van der Waals surface area contributed by atoms with E-state index in [1.807, 2.05) is 41.3 Å². The second-order valence-electron chi connectivity index (χ2n) is 8.33. The summed E-state index contributed by atoms with van der Waals surface area (Å²) in [6.07, 6.45) is 4.15. The number of amides is 2. The molecule has 2 amide bonds. The Morgan fingerprint density at radius 2 is 1.59 bits per heavy atom. The van der Waals surface area contributed by atoms with Crippen LogP contribution in [0.4, 0.5) is 10.5 Å². The SMILES string of the molecule is COc1ccc(CN(C(=O)Nc2ccc(Cl)cc2)C2CCC(c3ccccc3)CC2)cc1. The van der Waals surface area contributed by atoms with Gasteiger partial charge in [0.2, 0.25) is 0 Å². The first-order valence-corrected chi connectivity index (χ1v) is 11.5. The minimum Gasteiger partial charge on any atom is -0.497 e. The predicted octanol–water partition coefficient (Wildman–Crippen LogP) is 7.11. The number of urea groups is 1. The van der Waals surface area contributed by atoms with Crippen molar-refractivity contribution < 1.29 is 9.53 Å². The van der Waals surface area contributed by atoms with Crippen molar-refractivity contribution in [2.45, 2.75) is 44.2 Å². The number of anilines is 1. The van der Waals surface area contributed by atoms with Crippen molar-refractivity contribution in [2.24, 2.45) is 0 Å². The van der Waals surface area contributed by atoms with Gasteiger partial charge in [-0.25, -0.2) is 4.79 Å². The molecule has 166 valence electrons. The molecule has 1 aliphatic carbocycles. The van der Waals surface area contributed by atoms with E-state index in [4.69, 9.17) is 16.3 Å². The molecule has 3 aromatic carbocycles. The molecule has 0 bridgehead atoms. The van der Waals surface area contributed by atoms with Crippen LogP contribution in [-0.2, 0) is 6.54 Å². The van der Waals surface area contributed by atoms with E-state index in [0.717, 1.165) is 42.7 Å². The summed E-state index contributed by atoms with van der Waals surface area (Å²) in [7, 11) is 1.66. The lowest BCUT2D eigenvalue weighted by molar-refractivity contribution is 0.158. The minimum atomic E-state index is -0.0775. The quantitative estimate of drug-likeness (QED) is 0.436. The van der Waals surface area contributed by atoms with Crippen LogP contribution in [0, 0.1) is 0 Å². The molecule has 0 saturated heterocycles. The molecule has 3 aromatic rings. The third-order valence-corrected chi connectivity index (χ3v) is 6.53. The van der Waals surface area contributed by atoms with E-state index in [0.29, 0.717) is 17.5 Å². The van der Waals surface area contributed by atoms with Gasteiger partial charge in [-0.1, -0.05) is 54.1 Å². The average Bonchev–Trinajstić information content (AvgIpc) is 2.85. The molecule has 0 heterocycles. The van der Waals surface area contributed by atoms with Gasteiger partial charge in [0.1, 0.15) is 5.75 Å². The number of halogens is 1. The summed E-state index contributed by atoms with van der Waals surface area (Å²) >= 11 is 6.00. The first-order valence-electron chi connectivity index (χ1n) is 11.1. The molecule has 1 aliphatic rings. The second kappa shape index (κ2) is 10.6. The maximum Gasteiger partial charge on any atom is 0.322 e. The van der Waals surface area contributed by atoms with Crippen molar-refractivity contribution in [2.75, 3.05) is 12.4 Å². The molecule has 1 N–H and O–H groups in total. The summed E-state index contributed by atoms with van der Waals surface area (Å²) in [4.78, 5) is 15.3. The zero-order valence-corrected chi connectivity index (χ0v) is 19.1. The van der Waals surface area contributed by atoms with Crippen LogP contribution in [0.15, 0.2) is 78.9 Å². The monoisotopic (exact) mass is 448 g/mol. The van der Waals surface area contributed by atoms with Gasteiger partial charge in [0.25, 0.3) is 0 Å². The van der Waals surface area contributed by atoms with Crippen LogP contribution >= 0.6 is 11.6 Å². The van der Waals surface area contributed by atoms with Gasteiger partial charge in [-0.2, -0.15) is 0 Å². The number of carbonyl (C=O) groups is 1. The number of benzene rings is 3. The van der Waals surface area contributed by atoms with Crippen LogP contribution in [-0.4, -0.2) is 24.1 Å². The second-order valence-corrected chi connectivity index (χ2v) is 8.77. The van der Waals surface area contributed by atoms with Crippen LogP contribution < -0.4 is 10.1 Å². The largest absolute Gasteiger partial charge is 0.497 e. The number of ether oxygens (including phenoxy) is 1. The van der Waals surface area contributed by atoms with Crippen molar-refractivity contribution in [3.63, 3.8) is 0 Å². The number of methoxy groups -OCH3 is 1. The molecule has 0 atom stereocenters. The highest BCUT2D eigenvalue weighted by atomic mass is 35.5. The molecule has 4 nitrogen and oxygen atoms in total. The van der Waals surface area contributed by atoms with Crippen molar-refractivity contribution >= 4 is 23.3 Å². The molecule has 32 heavy (non-hydrogen) atoms. The average molecular weight is 449 g/mol. The Bertz CT molecular complexity index is 998. The van der Waals surface area contributed by atoms with Crippen LogP contribution in [0.5, 0.6) is 5.75 Å². The summed E-state index contributed by atoms with van der Waals surface area (Å²) < 4.78 is 5.28. The minimum absolute atomic E-state index is 0.0775. The van der Waals surface area contributed by atoms with Crippen LogP contribution in [0.25, 0.3) is 0 Å². The molecule has 0 aliphatic heterocycles. The Hall–Kier alpha value is -2.98. The fraction of sp³-hybridized carbons (Fsp3) is 0.296. The Kier molecular flexibility index (Phi) is 7.33. The molecule has 1 fully saturated rings. The summed E-state index contributed by atoms with van der Waals surface area (Å²) in [5.41, 5.74) is 3.23. The normalized spacial score (nSPS) is 18.1. The molecular formula is C27H29ClN2O2. The number of rotatable bonds is 6. The third kappa shape index (κ3) is 5.63. The zero-order chi connectivity index (χ0) is 22.3. The topological polar surface area (TPSA) is 41.6 Å². The van der Waals surface area contributed by atoms with Gasteiger partial charge in [-0.15, -0.1) is 0 Å². The lowest BCUT2D eigenvalue weighted by atomic mass is 9.81. The van der Waals surface area contributed by atoms with Gasteiger partial charge in [0.05, 0.1) is 7.11 Å². The molecular weight excluding hydrogens is 420 g/mol. The molecule has 4 rings (SSSR count). The van der Waals surface area contributed by atoms with E-state index >= 15 is 0 Å². The van der Waals surface area contributed by atoms with Crippen LogP contribution in [0.1, 0.15) is 42.7 Å². The van der Waals surface area contributed by atoms with Crippen molar-refractivity contribution in [3.05, 3.63) is 95.0 Å². The van der Waals surface area contributed by atoms with Gasteiger partial charge in [0, 0.05) is 23.3 Å². The summed E-state index contributed by atoms with van der Waals surface area (Å²) in [6, 6.07) is 26.0. The number of nitrogens with one attached hydrogen (secondary N) is 1. The molecule has 0 spiro atoms.